The van der Waals surface area contributed by atoms with Gasteiger partial charge in [-0.05, 0) is 103 Å². The van der Waals surface area contributed by atoms with Gasteiger partial charge in [0.2, 0.25) is 0 Å². The van der Waals surface area contributed by atoms with Crippen molar-refractivity contribution in [3.63, 3.8) is 0 Å². The van der Waals surface area contributed by atoms with Crippen LogP contribution in [0.5, 0.6) is 5.75 Å². The van der Waals surface area contributed by atoms with E-state index in [4.69, 9.17) is 9.97 Å². The third-order valence-electron chi connectivity index (χ3n) is 12.6. The topological polar surface area (TPSA) is 55.3 Å². The molecule has 6 heteroatoms. The van der Waals surface area contributed by atoms with Gasteiger partial charge in [-0.1, -0.05) is 158 Å². The summed E-state index contributed by atoms with van der Waals surface area (Å²) in [5.41, 5.74) is 14.5. The number of phenolic OH excluding ortho intramolecular Hbond substituents is 1. The van der Waals surface area contributed by atoms with Crippen molar-refractivity contribution >= 4 is 38.2 Å². The molecule has 6 aromatic carbocycles. The Kier molecular flexibility index (Phi) is 10.6. The van der Waals surface area contributed by atoms with Gasteiger partial charge in [0.05, 0.1) is 22.3 Å². The number of imidazole rings is 1. The van der Waals surface area contributed by atoms with Gasteiger partial charge < -0.3 is 9.51 Å². The zero-order valence-electron chi connectivity index (χ0n) is 38.0. The molecule has 64 heavy (non-hydrogen) atoms. The van der Waals surface area contributed by atoms with E-state index in [0.717, 1.165) is 88.6 Å². The summed E-state index contributed by atoms with van der Waals surface area (Å²) in [5, 5.41) is 15.6. The van der Waals surface area contributed by atoms with E-state index in [1.54, 1.807) is 0 Å². The van der Waals surface area contributed by atoms with Crippen LogP contribution < -0.4 is 0 Å². The molecular weight excluding hydrogens is 964 g/mol. The fraction of sp³-hybridized carbons (Fsp3) is 0.207. The Morgan fingerprint density at radius 1 is 0.562 bits per heavy atom. The van der Waals surface area contributed by atoms with Crippen molar-refractivity contribution in [2.45, 2.75) is 78.6 Å². The molecule has 1 N–H and O–H groups in total. The van der Waals surface area contributed by atoms with Gasteiger partial charge in [-0.15, -0.1) is 18.2 Å². The number of nitrogens with zero attached hydrogens (tertiary/aromatic N) is 4. The van der Waals surface area contributed by atoms with E-state index in [1.165, 1.54) is 5.56 Å². The second-order valence-corrected chi connectivity index (χ2v) is 20.1. The minimum Gasteiger partial charge on any atom is -0.507 e. The fourth-order valence-electron chi connectivity index (χ4n) is 9.12. The summed E-state index contributed by atoms with van der Waals surface area (Å²) in [6, 6.07) is 53.4. The Morgan fingerprint density at radius 2 is 1.23 bits per heavy atom. The molecule has 322 valence electrons. The van der Waals surface area contributed by atoms with Crippen LogP contribution in [0.15, 0.2) is 152 Å². The second kappa shape index (κ2) is 15.7. The number of hydrogen-bond acceptors (Lipinski definition) is 3. The Hall–Kier alpha value is -6.29. The van der Waals surface area contributed by atoms with Gasteiger partial charge >= 0.3 is 0 Å². The molecular formula is C58H53N4OPt-. The first-order valence-corrected chi connectivity index (χ1v) is 22.0. The van der Waals surface area contributed by atoms with Crippen LogP contribution in [0.3, 0.4) is 0 Å². The standard InChI is InChI=1S/C58H53N4O.Pt/c1-56(2,3)40-23-26-50(43(33-40)37-19-14-11-15-20-37)62-51-27-24-42-48-21-16-30-61(48)49-25-22-39(47-32-38(28-29-59-47)36-17-12-10-13-18-36)31-44(49)52(42)53(51)60-55(62)45-34-41(57(4,5)6)35-46(54(45)63)58(7,8)9;/h10-30,32-35,63H,1-9H3;/q-1;. The molecule has 0 fully saturated rings. The van der Waals surface area contributed by atoms with Crippen molar-refractivity contribution in [1.29, 1.82) is 0 Å². The Bertz CT molecular complexity index is 3400. The summed E-state index contributed by atoms with van der Waals surface area (Å²) < 4.78 is 4.54. The number of phenols is 1. The van der Waals surface area contributed by atoms with Crippen LogP contribution in [-0.4, -0.2) is 24.0 Å². The molecule has 5 nitrogen and oxygen atoms in total. The smallest absolute Gasteiger partial charge is 0.148 e. The number of rotatable bonds is 5. The Balaban J connectivity index is 0.00000518. The van der Waals surface area contributed by atoms with Crippen molar-refractivity contribution in [1.82, 2.24) is 18.9 Å². The summed E-state index contributed by atoms with van der Waals surface area (Å²) in [5.74, 6) is 0.935. The predicted octanol–water partition coefficient (Wildman–Crippen LogP) is 15.0. The third-order valence-corrected chi connectivity index (χ3v) is 12.6. The number of benzene rings is 6. The first kappa shape index (κ1) is 43.0. The number of fused-ring (bicyclic) bond motifs is 8. The Labute approximate surface area is 390 Å². The van der Waals surface area contributed by atoms with Crippen molar-refractivity contribution in [3.8, 4) is 56.3 Å². The third kappa shape index (κ3) is 7.34. The van der Waals surface area contributed by atoms with Crippen molar-refractivity contribution in [3.05, 3.63) is 175 Å². The molecule has 0 spiro atoms. The van der Waals surface area contributed by atoms with E-state index in [1.807, 2.05) is 12.3 Å². The number of aromatic nitrogens is 4. The van der Waals surface area contributed by atoms with E-state index >= 15 is 0 Å². The summed E-state index contributed by atoms with van der Waals surface area (Å²) >= 11 is 0. The molecule has 0 unspecified atom stereocenters. The number of hydrogen-bond donors (Lipinski definition) is 1. The zero-order chi connectivity index (χ0) is 44.0. The molecule has 0 saturated heterocycles. The normalized spacial score (nSPS) is 12.4. The predicted molar refractivity (Wildman–Crippen MR) is 263 cm³/mol. The summed E-state index contributed by atoms with van der Waals surface area (Å²) in [4.78, 5) is 10.6. The number of aromatic hydroxyl groups is 1. The van der Waals surface area contributed by atoms with Crippen LogP contribution in [0.25, 0.3) is 88.8 Å². The largest absolute Gasteiger partial charge is 0.507 e. The molecule has 0 amide bonds. The Morgan fingerprint density at radius 3 is 1.92 bits per heavy atom. The molecule has 0 radical (unpaired) electrons. The van der Waals surface area contributed by atoms with Gasteiger partial charge in [0.25, 0.3) is 0 Å². The molecule has 0 aliphatic heterocycles. The second-order valence-electron chi connectivity index (χ2n) is 20.1. The van der Waals surface area contributed by atoms with Crippen molar-refractivity contribution in [2.24, 2.45) is 0 Å². The van der Waals surface area contributed by atoms with Gasteiger partial charge in [-0.2, -0.15) is 0 Å². The first-order valence-electron chi connectivity index (χ1n) is 22.0. The van der Waals surface area contributed by atoms with Crippen molar-refractivity contribution in [2.75, 3.05) is 0 Å². The van der Waals surface area contributed by atoms with Crippen LogP contribution in [0.2, 0.25) is 0 Å². The molecule has 10 rings (SSSR count). The molecule has 0 atom stereocenters. The minimum absolute atomic E-state index is 0. The van der Waals surface area contributed by atoms with Gasteiger partial charge in [0.1, 0.15) is 11.6 Å². The SMILES string of the molecule is CC(C)(C)c1ccc(-n2c(-c3cc(C(C)(C)C)cc(C(C)(C)C)c3O)nc3c4c5[c-]c(-c6cc(-c7ccccc7)ccn6)ccc5n5cccc5c4ccc32)c(-c2ccccc2)c1.[Pt]. The van der Waals surface area contributed by atoms with E-state index in [0.29, 0.717) is 11.4 Å². The summed E-state index contributed by atoms with van der Waals surface area (Å²) in [6.45, 7) is 20.0. The number of pyridine rings is 2. The average Bonchev–Trinajstić information content (AvgIpc) is 3.92. The van der Waals surface area contributed by atoms with Crippen molar-refractivity contribution < 1.29 is 26.2 Å². The maximum atomic E-state index is 12.6. The van der Waals surface area contributed by atoms with E-state index < -0.39 is 0 Å². The van der Waals surface area contributed by atoms with Crippen LogP contribution in [-0.2, 0) is 37.3 Å². The quantitative estimate of drug-likeness (QED) is 0.138. The molecule has 10 aromatic rings. The van der Waals surface area contributed by atoms with Crippen LogP contribution >= 0.6 is 0 Å². The van der Waals surface area contributed by atoms with Crippen LogP contribution in [0.4, 0.5) is 0 Å². The van der Waals surface area contributed by atoms with E-state index in [-0.39, 0.29) is 43.1 Å². The monoisotopic (exact) mass is 1020 g/mol. The molecule has 4 heterocycles. The minimum atomic E-state index is -0.332. The molecule has 0 aliphatic rings. The fourth-order valence-corrected chi connectivity index (χ4v) is 9.12. The van der Waals surface area contributed by atoms with Gasteiger partial charge in [-0.25, -0.2) is 4.98 Å². The van der Waals surface area contributed by atoms with E-state index in [2.05, 4.69) is 217 Å². The molecule has 0 bridgehead atoms. The molecule has 4 aromatic heterocycles. The molecule has 0 aliphatic carbocycles. The average molecular weight is 1020 g/mol. The maximum absolute atomic E-state index is 12.6. The summed E-state index contributed by atoms with van der Waals surface area (Å²) in [7, 11) is 0. The first-order chi connectivity index (χ1) is 30.1. The van der Waals surface area contributed by atoms with Gasteiger partial charge in [0.15, 0.2) is 0 Å². The van der Waals surface area contributed by atoms with Gasteiger partial charge in [-0.3, -0.25) is 9.55 Å². The maximum Gasteiger partial charge on any atom is 0.148 e. The van der Waals surface area contributed by atoms with Crippen LogP contribution in [0.1, 0.15) is 79.0 Å². The summed E-state index contributed by atoms with van der Waals surface area (Å²) in [6.07, 6.45) is 4.01. The van der Waals surface area contributed by atoms with Crippen LogP contribution in [0, 0.1) is 6.07 Å². The van der Waals surface area contributed by atoms with Gasteiger partial charge in [0, 0.05) is 55.8 Å². The zero-order valence-corrected chi connectivity index (χ0v) is 40.3. The molecule has 0 saturated carbocycles. The van der Waals surface area contributed by atoms with E-state index in [9.17, 15) is 5.11 Å².